The van der Waals surface area contributed by atoms with Gasteiger partial charge in [-0.2, -0.15) is 0 Å². The molecule has 0 aromatic carbocycles. The second-order valence-electron chi connectivity index (χ2n) is 9.12. The molecule has 3 aromatic rings. The average Bonchev–Trinajstić information content (AvgIpc) is 3.11. The summed E-state index contributed by atoms with van der Waals surface area (Å²) in [5, 5.41) is 13.2. The molecule has 4 rings (SSSR count). The summed E-state index contributed by atoms with van der Waals surface area (Å²) in [7, 11) is 0. The minimum atomic E-state index is -0.903. The average molecular weight is 426 g/mol. The quantitative estimate of drug-likeness (QED) is 0.651. The van der Waals surface area contributed by atoms with Crippen LogP contribution in [0.25, 0.3) is 17.2 Å². The van der Waals surface area contributed by atoms with E-state index in [-0.39, 0.29) is 23.3 Å². The molecule has 3 aromatic heterocycles. The van der Waals surface area contributed by atoms with E-state index in [0.717, 1.165) is 18.4 Å². The number of carboxylic acid groups (broad SMARTS) is 1. The number of imidazole rings is 1. The first-order valence-electron chi connectivity index (χ1n) is 10.4. The molecule has 9 heteroatoms. The number of nitrogens with zero attached hydrogens (tertiary/aromatic N) is 5. The predicted molar refractivity (Wildman–Crippen MR) is 116 cm³/mol. The van der Waals surface area contributed by atoms with Crippen molar-refractivity contribution in [2.45, 2.75) is 52.6 Å². The molecule has 1 saturated heterocycles. The number of fused-ring (bicyclic) bond motifs is 1. The van der Waals surface area contributed by atoms with Crippen molar-refractivity contribution in [2.75, 3.05) is 11.9 Å². The molecule has 31 heavy (non-hydrogen) atoms. The number of hydrogen-bond acceptors (Lipinski definition) is 5. The van der Waals surface area contributed by atoms with E-state index < -0.39 is 6.09 Å². The SMILES string of the molecule is Cc1cnc(-c2cnc3ccc(F)cn23)nc1N[C@@H]1CCCN(C(=O)O)C1C(C)(C)C. The molecular formula is C22H27FN6O2. The number of rotatable bonds is 3. The molecule has 0 saturated carbocycles. The van der Waals surface area contributed by atoms with Crippen molar-refractivity contribution in [3.63, 3.8) is 0 Å². The topological polar surface area (TPSA) is 95.7 Å². The molecule has 0 spiro atoms. The van der Waals surface area contributed by atoms with Gasteiger partial charge in [0.2, 0.25) is 0 Å². The van der Waals surface area contributed by atoms with Crippen LogP contribution in [0.5, 0.6) is 0 Å². The first-order chi connectivity index (χ1) is 14.6. The number of piperidine rings is 1. The zero-order chi connectivity index (χ0) is 22.3. The number of pyridine rings is 1. The van der Waals surface area contributed by atoms with Gasteiger partial charge in [0.25, 0.3) is 0 Å². The van der Waals surface area contributed by atoms with E-state index in [1.165, 1.54) is 17.2 Å². The van der Waals surface area contributed by atoms with Gasteiger partial charge in [-0.3, -0.25) is 4.40 Å². The normalized spacial score (nSPS) is 19.6. The van der Waals surface area contributed by atoms with Gasteiger partial charge in [0.1, 0.15) is 23.0 Å². The lowest BCUT2D eigenvalue weighted by molar-refractivity contribution is 0.0518. The molecule has 0 aliphatic carbocycles. The van der Waals surface area contributed by atoms with E-state index >= 15 is 0 Å². The van der Waals surface area contributed by atoms with Gasteiger partial charge in [0.15, 0.2) is 5.82 Å². The first kappa shape index (κ1) is 21.0. The maximum atomic E-state index is 13.8. The van der Waals surface area contributed by atoms with Crippen LogP contribution in [0.3, 0.4) is 0 Å². The van der Waals surface area contributed by atoms with Crippen molar-refractivity contribution in [3.05, 3.63) is 42.1 Å². The Balaban J connectivity index is 1.70. The summed E-state index contributed by atoms with van der Waals surface area (Å²) in [4.78, 5) is 26.8. The fourth-order valence-corrected chi connectivity index (χ4v) is 4.44. The third-order valence-electron chi connectivity index (χ3n) is 5.76. The van der Waals surface area contributed by atoms with Gasteiger partial charge in [0, 0.05) is 30.5 Å². The van der Waals surface area contributed by atoms with Crippen LogP contribution >= 0.6 is 0 Å². The number of likely N-dealkylation sites (tertiary alicyclic amines) is 1. The summed E-state index contributed by atoms with van der Waals surface area (Å²) in [6, 6.07) is 2.66. The summed E-state index contributed by atoms with van der Waals surface area (Å²) >= 11 is 0. The van der Waals surface area contributed by atoms with Gasteiger partial charge in [0.05, 0.1) is 12.2 Å². The van der Waals surface area contributed by atoms with Crippen LogP contribution in [0.4, 0.5) is 15.0 Å². The Morgan fingerprint density at radius 3 is 2.74 bits per heavy atom. The number of carbonyl (C=O) groups is 1. The molecule has 4 heterocycles. The van der Waals surface area contributed by atoms with Crippen molar-refractivity contribution >= 4 is 17.6 Å². The van der Waals surface area contributed by atoms with E-state index in [4.69, 9.17) is 4.98 Å². The van der Waals surface area contributed by atoms with Crippen LogP contribution in [-0.4, -0.2) is 54.1 Å². The van der Waals surface area contributed by atoms with Crippen LogP contribution in [0.2, 0.25) is 0 Å². The zero-order valence-electron chi connectivity index (χ0n) is 18.1. The maximum Gasteiger partial charge on any atom is 0.407 e. The third-order valence-corrected chi connectivity index (χ3v) is 5.76. The van der Waals surface area contributed by atoms with E-state index in [2.05, 4.69) is 36.1 Å². The molecule has 1 unspecified atom stereocenters. The van der Waals surface area contributed by atoms with Gasteiger partial charge >= 0.3 is 6.09 Å². The Hall–Kier alpha value is -3.23. The number of nitrogens with one attached hydrogen (secondary N) is 1. The molecule has 0 radical (unpaired) electrons. The monoisotopic (exact) mass is 426 g/mol. The van der Waals surface area contributed by atoms with Gasteiger partial charge in [-0.15, -0.1) is 0 Å². The fraction of sp³-hybridized carbons (Fsp3) is 0.455. The lowest BCUT2D eigenvalue weighted by atomic mass is 9.77. The Labute approximate surface area is 180 Å². The molecule has 1 aliphatic heterocycles. The second-order valence-corrected chi connectivity index (χ2v) is 9.12. The molecule has 1 amide bonds. The second kappa shape index (κ2) is 7.79. The number of hydrogen-bond donors (Lipinski definition) is 2. The summed E-state index contributed by atoms with van der Waals surface area (Å²) in [6.45, 7) is 8.59. The van der Waals surface area contributed by atoms with Crippen molar-refractivity contribution < 1.29 is 14.3 Å². The van der Waals surface area contributed by atoms with Gasteiger partial charge < -0.3 is 15.3 Å². The number of anilines is 1. The Morgan fingerprint density at radius 2 is 2.03 bits per heavy atom. The minimum Gasteiger partial charge on any atom is -0.465 e. The fourth-order valence-electron chi connectivity index (χ4n) is 4.44. The molecule has 1 fully saturated rings. The van der Waals surface area contributed by atoms with Crippen LogP contribution in [-0.2, 0) is 0 Å². The highest BCUT2D eigenvalue weighted by molar-refractivity contribution is 5.66. The highest BCUT2D eigenvalue weighted by Gasteiger charge is 2.42. The predicted octanol–water partition coefficient (Wildman–Crippen LogP) is 4.21. The molecule has 1 aliphatic rings. The number of halogens is 1. The minimum absolute atomic E-state index is 0.0917. The highest BCUT2D eigenvalue weighted by atomic mass is 19.1. The van der Waals surface area contributed by atoms with Crippen molar-refractivity contribution in [2.24, 2.45) is 5.41 Å². The molecule has 2 N–H and O–H groups in total. The smallest absolute Gasteiger partial charge is 0.407 e. The highest BCUT2D eigenvalue weighted by Crippen LogP contribution is 2.34. The van der Waals surface area contributed by atoms with Crippen LogP contribution in [0, 0.1) is 18.2 Å². The van der Waals surface area contributed by atoms with Crippen LogP contribution in [0.1, 0.15) is 39.2 Å². The number of aryl methyl sites for hydroxylation is 1. The molecular weight excluding hydrogens is 399 g/mol. The van der Waals surface area contributed by atoms with Gasteiger partial charge in [-0.25, -0.2) is 24.1 Å². The van der Waals surface area contributed by atoms with Gasteiger partial charge in [-0.05, 0) is 37.3 Å². The summed E-state index contributed by atoms with van der Waals surface area (Å²) in [5.41, 5.74) is 1.79. The molecule has 2 atom stereocenters. The largest absolute Gasteiger partial charge is 0.465 e. The number of aromatic nitrogens is 4. The van der Waals surface area contributed by atoms with Crippen LogP contribution in [0.15, 0.2) is 30.7 Å². The standard InChI is InChI=1S/C22H27FN6O2/c1-13-10-25-20(16-11-24-17-8-7-14(23)12-29(16)17)27-19(13)26-15-6-5-9-28(21(30)31)18(15)22(2,3)4/h7-8,10-12,15,18H,5-6,9H2,1-4H3,(H,30,31)(H,25,26,27)/t15-,18?/m1/s1. The Kier molecular flexibility index (Phi) is 5.28. The Morgan fingerprint density at radius 1 is 1.26 bits per heavy atom. The van der Waals surface area contributed by atoms with E-state index in [0.29, 0.717) is 29.5 Å². The Bertz CT molecular complexity index is 1120. The van der Waals surface area contributed by atoms with E-state index in [9.17, 15) is 14.3 Å². The van der Waals surface area contributed by atoms with Crippen molar-refractivity contribution in [1.82, 2.24) is 24.3 Å². The van der Waals surface area contributed by atoms with E-state index in [1.54, 1.807) is 22.9 Å². The summed E-state index contributed by atoms with van der Waals surface area (Å²) in [5.74, 6) is 0.688. The van der Waals surface area contributed by atoms with E-state index in [1.807, 2.05) is 6.92 Å². The van der Waals surface area contributed by atoms with Crippen LogP contribution < -0.4 is 5.32 Å². The number of amides is 1. The van der Waals surface area contributed by atoms with Crippen molar-refractivity contribution in [1.29, 1.82) is 0 Å². The lowest BCUT2D eigenvalue weighted by Gasteiger charge is -2.47. The summed E-state index contributed by atoms with van der Waals surface area (Å²) < 4.78 is 15.4. The van der Waals surface area contributed by atoms with Crippen molar-refractivity contribution in [3.8, 4) is 11.5 Å². The molecule has 8 nitrogen and oxygen atoms in total. The summed E-state index contributed by atoms with van der Waals surface area (Å²) in [6.07, 6.45) is 5.40. The first-order valence-corrected chi connectivity index (χ1v) is 10.4. The third kappa shape index (κ3) is 4.04. The zero-order valence-corrected chi connectivity index (χ0v) is 18.1. The molecule has 0 bridgehead atoms. The van der Waals surface area contributed by atoms with Gasteiger partial charge in [-0.1, -0.05) is 20.8 Å². The maximum absolute atomic E-state index is 13.8. The lowest BCUT2D eigenvalue weighted by Crippen LogP contribution is -2.58. The molecule has 164 valence electrons.